The molecule has 0 aliphatic carbocycles. The SMILES string of the molecule is CN(C)C(=O)COC(=O)CCN=C1NS(=O)(=O)c2ccccc21. The molecular weight excluding hydrogens is 322 g/mol. The van der Waals surface area contributed by atoms with E-state index in [1.165, 1.54) is 11.0 Å². The molecule has 0 atom stereocenters. The number of hydrogen-bond acceptors (Lipinski definition) is 6. The molecule has 0 aromatic heterocycles. The number of amidine groups is 1. The second-order valence-electron chi connectivity index (χ2n) is 5.03. The average Bonchev–Trinajstić information content (AvgIpc) is 2.76. The van der Waals surface area contributed by atoms with E-state index >= 15 is 0 Å². The van der Waals surface area contributed by atoms with Gasteiger partial charge in [0.15, 0.2) is 6.61 Å². The first-order chi connectivity index (χ1) is 10.8. The summed E-state index contributed by atoms with van der Waals surface area (Å²) in [6.45, 7) is -0.265. The highest BCUT2D eigenvalue weighted by Crippen LogP contribution is 2.22. The molecule has 2 rings (SSSR count). The van der Waals surface area contributed by atoms with Crippen molar-refractivity contribution >= 4 is 27.7 Å². The van der Waals surface area contributed by atoms with Crippen LogP contribution in [0.1, 0.15) is 12.0 Å². The maximum absolute atomic E-state index is 11.9. The molecule has 124 valence electrons. The summed E-state index contributed by atoms with van der Waals surface area (Å²) in [5.41, 5.74) is 0.476. The van der Waals surface area contributed by atoms with Gasteiger partial charge in [-0.05, 0) is 12.1 Å². The minimum atomic E-state index is -3.58. The van der Waals surface area contributed by atoms with Crippen molar-refractivity contribution in [2.24, 2.45) is 4.99 Å². The largest absolute Gasteiger partial charge is 0.456 e. The number of amides is 1. The molecule has 0 spiro atoms. The molecule has 0 bridgehead atoms. The molecule has 0 fully saturated rings. The zero-order valence-electron chi connectivity index (χ0n) is 12.8. The third-order valence-corrected chi connectivity index (χ3v) is 4.50. The summed E-state index contributed by atoms with van der Waals surface area (Å²) in [6, 6.07) is 6.46. The van der Waals surface area contributed by atoms with Crippen LogP contribution >= 0.6 is 0 Å². The number of benzene rings is 1. The molecule has 0 unspecified atom stereocenters. The van der Waals surface area contributed by atoms with Gasteiger partial charge >= 0.3 is 5.97 Å². The number of carbonyl (C=O) groups excluding carboxylic acids is 2. The van der Waals surface area contributed by atoms with Gasteiger partial charge in [0, 0.05) is 19.7 Å². The number of rotatable bonds is 5. The van der Waals surface area contributed by atoms with Crippen LogP contribution in [0.25, 0.3) is 0 Å². The zero-order valence-corrected chi connectivity index (χ0v) is 13.6. The first kappa shape index (κ1) is 16.9. The van der Waals surface area contributed by atoms with Crippen LogP contribution in [0, 0.1) is 0 Å². The van der Waals surface area contributed by atoms with Crippen molar-refractivity contribution in [3.63, 3.8) is 0 Å². The molecule has 8 nitrogen and oxygen atoms in total. The number of esters is 1. The second-order valence-corrected chi connectivity index (χ2v) is 6.68. The molecule has 9 heteroatoms. The van der Waals surface area contributed by atoms with E-state index in [-0.39, 0.29) is 36.2 Å². The number of fused-ring (bicyclic) bond motifs is 1. The van der Waals surface area contributed by atoms with Crippen molar-refractivity contribution in [1.82, 2.24) is 9.62 Å². The average molecular weight is 339 g/mol. The summed E-state index contributed by atoms with van der Waals surface area (Å²) in [5, 5.41) is 0. The van der Waals surface area contributed by atoms with E-state index in [1.54, 1.807) is 32.3 Å². The fraction of sp³-hybridized carbons (Fsp3) is 0.357. The number of nitrogens with one attached hydrogen (secondary N) is 1. The monoisotopic (exact) mass is 339 g/mol. The minimum absolute atomic E-state index is 0.0475. The van der Waals surface area contributed by atoms with Crippen molar-refractivity contribution in [3.05, 3.63) is 29.8 Å². The van der Waals surface area contributed by atoms with E-state index in [2.05, 4.69) is 9.71 Å². The summed E-state index contributed by atoms with van der Waals surface area (Å²) < 4.78 is 30.9. The van der Waals surface area contributed by atoms with Gasteiger partial charge in [-0.3, -0.25) is 19.3 Å². The Morgan fingerprint density at radius 2 is 1.96 bits per heavy atom. The van der Waals surface area contributed by atoms with Crippen LogP contribution in [0.15, 0.2) is 34.2 Å². The van der Waals surface area contributed by atoms with Crippen LogP contribution in [0.4, 0.5) is 0 Å². The van der Waals surface area contributed by atoms with Crippen LogP contribution in [0.3, 0.4) is 0 Å². The number of hydrogen-bond donors (Lipinski definition) is 1. The van der Waals surface area contributed by atoms with Crippen LogP contribution < -0.4 is 4.72 Å². The van der Waals surface area contributed by atoms with E-state index in [4.69, 9.17) is 4.74 Å². The third-order valence-electron chi connectivity index (χ3n) is 3.10. The van der Waals surface area contributed by atoms with Gasteiger partial charge in [0.25, 0.3) is 15.9 Å². The molecule has 1 heterocycles. The smallest absolute Gasteiger partial charge is 0.308 e. The van der Waals surface area contributed by atoms with Crippen LogP contribution in [-0.2, 0) is 24.3 Å². The lowest BCUT2D eigenvalue weighted by molar-refractivity contribution is -0.150. The molecular formula is C14H17N3O5S. The first-order valence-electron chi connectivity index (χ1n) is 6.83. The summed E-state index contributed by atoms with van der Waals surface area (Å²) >= 11 is 0. The van der Waals surface area contributed by atoms with Gasteiger partial charge in [-0.2, -0.15) is 0 Å². The van der Waals surface area contributed by atoms with Gasteiger partial charge in [0.1, 0.15) is 5.84 Å². The molecule has 1 N–H and O–H groups in total. The standard InChI is InChI=1S/C14H17N3O5S/c1-17(2)12(18)9-22-13(19)7-8-15-14-10-5-3-4-6-11(10)23(20,21)16-14/h3-6H,7-9H2,1-2H3,(H,15,16). The summed E-state index contributed by atoms with van der Waals surface area (Å²) in [7, 11) is -0.461. The fourth-order valence-corrected chi connectivity index (χ4v) is 3.10. The Labute approximate surface area is 134 Å². The quantitative estimate of drug-likeness (QED) is 0.745. The summed E-state index contributed by atoms with van der Waals surface area (Å²) in [6.07, 6.45) is -0.0475. The van der Waals surface area contributed by atoms with Gasteiger partial charge in [-0.25, -0.2) is 8.42 Å². The topological polar surface area (TPSA) is 105 Å². The van der Waals surface area contributed by atoms with Crippen LogP contribution in [0.2, 0.25) is 0 Å². The van der Waals surface area contributed by atoms with E-state index < -0.39 is 16.0 Å². The Kier molecular flexibility index (Phi) is 4.99. The Morgan fingerprint density at radius 1 is 1.26 bits per heavy atom. The lowest BCUT2D eigenvalue weighted by Gasteiger charge is -2.09. The van der Waals surface area contributed by atoms with Gasteiger partial charge < -0.3 is 9.64 Å². The highest BCUT2D eigenvalue weighted by atomic mass is 32.2. The molecule has 1 aliphatic heterocycles. The molecule has 1 aliphatic rings. The lowest BCUT2D eigenvalue weighted by atomic mass is 10.2. The maximum atomic E-state index is 11.9. The van der Waals surface area contributed by atoms with E-state index in [1.807, 2.05) is 0 Å². The van der Waals surface area contributed by atoms with Crippen molar-refractivity contribution in [2.45, 2.75) is 11.3 Å². The zero-order chi connectivity index (χ0) is 17.0. The maximum Gasteiger partial charge on any atom is 0.308 e. The number of aliphatic imine (C=N–C) groups is 1. The van der Waals surface area contributed by atoms with Gasteiger partial charge in [-0.15, -0.1) is 0 Å². The number of ether oxygens (including phenoxy) is 1. The number of nitrogens with zero attached hydrogens (tertiary/aromatic N) is 2. The summed E-state index contributed by atoms with van der Waals surface area (Å²) in [5.74, 6) is -0.682. The highest BCUT2D eigenvalue weighted by molar-refractivity contribution is 7.90. The predicted molar refractivity (Wildman–Crippen MR) is 82.4 cm³/mol. The van der Waals surface area contributed by atoms with Crippen molar-refractivity contribution in [3.8, 4) is 0 Å². The van der Waals surface area contributed by atoms with E-state index in [0.29, 0.717) is 5.56 Å². The number of likely N-dealkylation sites (N-methyl/N-ethyl adjacent to an activating group) is 1. The van der Waals surface area contributed by atoms with Gasteiger partial charge in [0.05, 0.1) is 17.9 Å². The lowest BCUT2D eigenvalue weighted by Crippen LogP contribution is -2.27. The molecule has 0 radical (unpaired) electrons. The normalized spacial score (nSPS) is 16.5. The Bertz CT molecular complexity index is 755. The number of sulfonamides is 1. The van der Waals surface area contributed by atoms with Gasteiger partial charge in [0.2, 0.25) is 0 Å². The Balaban J connectivity index is 1.92. The molecule has 1 aromatic rings. The van der Waals surface area contributed by atoms with Crippen molar-refractivity contribution in [2.75, 3.05) is 27.2 Å². The molecule has 0 saturated carbocycles. The Hall–Kier alpha value is -2.42. The first-order valence-corrected chi connectivity index (χ1v) is 8.32. The highest BCUT2D eigenvalue weighted by Gasteiger charge is 2.29. The van der Waals surface area contributed by atoms with Crippen molar-refractivity contribution < 1.29 is 22.7 Å². The van der Waals surface area contributed by atoms with Crippen molar-refractivity contribution in [1.29, 1.82) is 0 Å². The fourth-order valence-electron chi connectivity index (χ4n) is 1.85. The van der Waals surface area contributed by atoms with Gasteiger partial charge in [-0.1, -0.05) is 12.1 Å². The molecule has 1 amide bonds. The number of carbonyl (C=O) groups is 2. The third kappa shape index (κ3) is 4.07. The van der Waals surface area contributed by atoms with E-state index in [9.17, 15) is 18.0 Å². The summed E-state index contributed by atoms with van der Waals surface area (Å²) in [4.78, 5) is 28.4. The predicted octanol–water partition coefficient (Wildman–Crippen LogP) is -0.253. The molecule has 23 heavy (non-hydrogen) atoms. The molecule has 0 saturated heterocycles. The minimum Gasteiger partial charge on any atom is -0.456 e. The van der Waals surface area contributed by atoms with Crippen LogP contribution in [-0.4, -0.2) is 58.3 Å². The second kappa shape index (κ2) is 6.78. The van der Waals surface area contributed by atoms with Crippen LogP contribution in [0.5, 0.6) is 0 Å². The Morgan fingerprint density at radius 3 is 2.65 bits per heavy atom. The van der Waals surface area contributed by atoms with E-state index in [0.717, 1.165) is 0 Å². The molecule has 1 aromatic carbocycles.